The van der Waals surface area contributed by atoms with Crippen molar-refractivity contribution in [2.75, 3.05) is 12.4 Å². The van der Waals surface area contributed by atoms with Crippen LogP contribution < -0.4 is 5.32 Å². The maximum atomic E-state index is 11.3. The third kappa shape index (κ3) is 4.16. The Morgan fingerprint density at radius 2 is 1.95 bits per heavy atom. The Hall–Kier alpha value is -1.16. The molecule has 0 amide bonds. The number of ether oxygens (including phenoxy) is 1. The summed E-state index contributed by atoms with van der Waals surface area (Å²) in [6.07, 6.45) is 5.41. The van der Waals surface area contributed by atoms with Crippen LogP contribution in [0.5, 0.6) is 0 Å². The molecule has 0 heterocycles. The molecule has 1 aromatic rings. The Kier molecular flexibility index (Phi) is 5.14. The minimum absolute atomic E-state index is 0.246. The van der Waals surface area contributed by atoms with E-state index in [0.717, 1.165) is 10.9 Å². The van der Waals surface area contributed by atoms with Crippen LogP contribution in [0.3, 0.4) is 0 Å². The standard InChI is InChI=1S/C15H21NO2S/c1-11(15(17)18-2)16-12-7-9-14(10-8-12)19-13-5-3-4-6-13/h7-11,13,16H,3-6H2,1-2H3. The molecule has 1 unspecified atom stereocenters. The number of esters is 1. The van der Waals surface area contributed by atoms with Crippen LogP contribution in [0.1, 0.15) is 32.6 Å². The molecule has 0 radical (unpaired) electrons. The maximum absolute atomic E-state index is 11.3. The zero-order valence-electron chi connectivity index (χ0n) is 11.5. The zero-order valence-corrected chi connectivity index (χ0v) is 12.3. The van der Waals surface area contributed by atoms with Crippen molar-refractivity contribution >= 4 is 23.4 Å². The summed E-state index contributed by atoms with van der Waals surface area (Å²) in [6, 6.07) is 7.97. The van der Waals surface area contributed by atoms with E-state index in [1.807, 2.05) is 23.9 Å². The Bertz CT molecular complexity index is 413. The molecule has 0 bridgehead atoms. The molecule has 1 N–H and O–H groups in total. The van der Waals surface area contributed by atoms with Gasteiger partial charge in [0.2, 0.25) is 0 Å². The molecule has 0 saturated heterocycles. The van der Waals surface area contributed by atoms with Gasteiger partial charge >= 0.3 is 5.97 Å². The van der Waals surface area contributed by atoms with E-state index in [4.69, 9.17) is 4.74 Å². The fourth-order valence-corrected chi connectivity index (χ4v) is 3.56. The summed E-state index contributed by atoms with van der Waals surface area (Å²) in [5.41, 5.74) is 0.952. The first kappa shape index (κ1) is 14.3. The van der Waals surface area contributed by atoms with Crippen LogP contribution in [0.15, 0.2) is 29.2 Å². The van der Waals surface area contributed by atoms with E-state index in [2.05, 4.69) is 17.4 Å². The number of nitrogens with one attached hydrogen (secondary N) is 1. The van der Waals surface area contributed by atoms with Crippen molar-refractivity contribution in [1.82, 2.24) is 0 Å². The van der Waals surface area contributed by atoms with Crippen molar-refractivity contribution in [2.24, 2.45) is 0 Å². The number of carbonyl (C=O) groups is 1. The summed E-state index contributed by atoms with van der Waals surface area (Å²) in [5, 5.41) is 3.91. The number of anilines is 1. The Morgan fingerprint density at radius 1 is 1.32 bits per heavy atom. The highest BCUT2D eigenvalue weighted by Gasteiger charge is 2.16. The average Bonchev–Trinajstić information content (AvgIpc) is 2.93. The van der Waals surface area contributed by atoms with Crippen molar-refractivity contribution in [3.63, 3.8) is 0 Å². The van der Waals surface area contributed by atoms with Gasteiger partial charge in [0.15, 0.2) is 0 Å². The molecule has 104 valence electrons. The van der Waals surface area contributed by atoms with Gasteiger partial charge in [-0.25, -0.2) is 4.79 Å². The fraction of sp³-hybridized carbons (Fsp3) is 0.533. The van der Waals surface area contributed by atoms with Crippen molar-refractivity contribution in [2.45, 2.75) is 48.8 Å². The highest BCUT2D eigenvalue weighted by Crippen LogP contribution is 2.34. The van der Waals surface area contributed by atoms with Gasteiger partial charge in [-0.3, -0.25) is 0 Å². The number of rotatable bonds is 5. The van der Waals surface area contributed by atoms with Crippen LogP contribution in [0.25, 0.3) is 0 Å². The normalized spacial score (nSPS) is 17.2. The number of thioether (sulfide) groups is 1. The van der Waals surface area contributed by atoms with E-state index >= 15 is 0 Å². The summed E-state index contributed by atoms with van der Waals surface area (Å²) >= 11 is 1.97. The molecule has 0 spiro atoms. The third-order valence-electron chi connectivity index (χ3n) is 3.40. The van der Waals surface area contributed by atoms with Crippen molar-refractivity contribution < 1.29 is 9.53 Å². The fourth-order valence-electron chi connectivity index (χ4n) is 2.31. The highest BCUT2D eigenvalue weighted by molar-refractivity contribution is 8.00. The SMILES string of the molecule is COC(=O)C(C)Nc1ccc(SC2CCCC2)cc1. The van der Waals surface area contributed by atoms with Crippen molar-refractivity contribution in [3.8, 4) is 0 Å². The van der Waals surface area contributed by atoms with Gasteiger partial charge < -0.3 is 10.1 Å². The predicted octanol–water partition coefficient (Wildman–Crippen LogP) is 3.69. The van der Waals surface area contributed by atoms with E-state index in [9.17, 15) is 4.79 Å². The van der Waals surface area contributed by atoms with Crippen LogP contribution in [0, 0.1) is 0 Å². The average molecular weight is 279 g/mol. The lowest BCUT2D eigenvalue weighted by Gasteiger charge is -2.14. The van der Waals surface area contributed by atoms with Crippen LogP contribution in [0.4, 0.5) is 5.69 Å². The van der Waals surface area contributed by atoms with Gasteiger partial charge in [0.05, 0.1) is 7.11 Å². The van der Waals surface area contributed by atoms with Crippen molar-refractivity contribution in [1.29, 1.82) is 0 Å². The lowest BCUT2D eigenvalue weighted by atomic mass is 10.2. The van der Waals surface area contributed by atoms with E-state index < -0.39 is 0 Å². The lowest BCUT2D eigenvalue weighted by Crippen LogP contribution is -2.27. The second kappa shape index (κ2) is 6.85. The summed E-state index contributed by atoms with van der Waals surface area (Å²) in [6.45, 7) is 1.80. The summed E-state index contributed by atoms with van der Waals surface area (Å²) in [5.74, 6) is -0.246. The van der Waals surface area contributed by atoms with Gasteiger partial charge in [-0.05, 0) is 44.0 Å². The Balaban J connectivity index is 1.88. The highest BCUT2D eigenvalue weighted by atomic mass is 32.2. The first-order valence-electron chi connectivity index (χ1n) is 6.80. The first-order chi connectivity index (χ1) is 9.19. The molecule has 1 aromatic carbocycles. The topological polar surface area (TPSA) is 38.3 Å². The third-order valence-corrected chi connectivity index (χ3v) is 4.75. The predicted molar refractivity (Wildman–Crippen MR) is 79.7 cm³/mol. The smallest absolute Gasteiger partial charge is 0.327 e. The molecule has 1 aliphatic carbocycles. The molecule has 1 saturated carbocycles. The van der Waals surface area contributed by atoms with E-state index in [0.29, 0.717) is 0 Å². The summed E-state index contributed by atoms with van der Waals surface area (Å²) in [7, 11) is 1.40. The number of carbonyl (C=O) groups excluding carboxylic acids is 1. The van der Waals surface area contributed by atoms with Crippen molar-refractivity contribution in [3.05, 3.63) is 24.3 Å². The molecule has 1 atom stereocenters. The minimum atomic E-state index is -0.321. The van der Waals surface area contributed by atoms with Gasteiger partial charge in [-0.15, -0.1) is 11.8 Å². The Labute approximate surface area is 119 Å². The van der Waals surface area contributed by atoms with Gasteiger partial charge in [-0.1, -0.05) is 12.8 Å². The molecular weight excluding hydrogens is 258 g/mol. The van der Waals surface area contributed by atoms with Crippen LogP contribution >= 0.6 is 11.8 Å². The number of hydrogen-bond donors (Lipinski definition) is 1. The number of hydrogen-bond acceptors (Lipinski definition) is 4. The van der Waals surface area contributed by atoms with Gasteiger partial charge in [0.25, 0.3) is 0 Å². The quantitative estimate of drug-likeness (QED) is 0.834. The van der Waals surface area contributed by atoms with E-state index in [1.54, 1.807) is 6.92 Å². The molecule has 0 aromatic heterocycles. The molecule has 0 aliphatic heterocycles. The van der Waals surface area contributed by atoms with E-state index in [1.165, 1.54) is 37.7 Å². The molecular formula is C15H21NO2S. The minimum Gasteiger partial charge on any atom is -0.467 e. The molecule has 1 aliphatic rings. The molecule has 3 nitrogen and oxygen atoms in total. The second-order valence-electron chi connectivity index (χ2n) is 4.94. The lowest BCUT2D eigenvalue weighted by molar-refractivity contribution is -0.141. The molecule has 19 heavy (non-hydrogen) atoms. The first-order valence-corrected chi connectivity index (χ1v) is 7.68. The van der Waals surface area contributed by atoms with E-state index in [-0.39, 0.29) is 12.0 Å². The summed E-state index contributed by atoms with van der Waals surface area (Å²) in [4.78, 5) is 12.6. The van der Waals surface area contributed by atoms with Gasteiger partial charge in [-0.2, -0.15) is 0 Å². The van der Waals surface area contributed by atoms with Crippen LogP contribution in [0.2, 0.25) is 0 Å². The van der Waals surface area contributed by atoms with Crippen LogP contribution in [-0.4, -0.2) is 24.4 Å². The monoisotopic (exact) mass is 279 g/mol. The molecule has 1 fully saturated rings. The zero-order chi connectivity index (χ0) is 13.7. The number of benzene rings is 1. The van der Waals surface area contributed by atoms with Gasteiger partial charge in [0, 0.05) is 15.8 Å². The molecule has 2 rings (SSSR count). The summed E-state index contributed by atoms with van der Waals surface area (Å²) < 4.78 is 4.69. The second-order valence-corrected chi connectivity index (χ2v) is 6.31. The van der Waals surface area contributed by atoms with Gasteiger partial charge in [0.1, 0.15) is 6.04 Å². The largest absolute Gasteiger partial charge is 0.467 e. The number of methoxy groups -OCH3 is 1. The maximum Gasteiger partial charge on any atom is 0.327 e. The molecule has 4 heteroatoms. The Morgan fingerprint density at radius 3 is 2.53 bits per heavy atom. The van der Waals surface area contributed by atoms with Crippen LogP contribution in [-0.2, 0) is 9.53 Å².